The Labute approximate surface area is 332 Å². The summed E-state index contributed by atoms with van der Waals surface area (Å²) in [4.78, 5) is 2.30. The van der Waals surface area contributed by atoms with Gasteiger partial charge in [-0.25, -0.2) is 0 Å². The Balaban J connectivity index is 1.11. The molecule has 11 rings (SSSR count). The molecule has 57 heavy (non-hydrogen) atoms. The van der Waals surface area contributed by atoms with Crippen molar-refractivity contribution < 1.29 is 4.42 Å². The lowest BCUT2D eigenvalue weighted by atomic mass is 9.67. The summed E-state index contributed by atoms with van der Waals surface area (Å²) in [5.74, 6) is 0. The average molecular weight is 728 g/mol. The van der Waals surface area contributed by atoms with Crippen molar-refractivity contribution in [1.82, 2.24) is 0 Å². The summed E-state index contributed by atoms with van der Waals surface area (Å²) in [5.41, 5.74) is 16.8. The fourth-order valence-corrected chi connectivity index (χ4v) is 9.22. The van der Waals surface area contributed by atoms with E-state index in [1.807, 2.05) is 6.07 Å². The van der Waals surface area contributed by atoms with Gasteiger partial charge in [0.05, 0.1) is 5.41 Å². The third kappa shape index (κ3) is 5.26. The second-order valence-corrected chi connectivity index (χ2v) is 14.8. The second kappa shape index (κ2) is 13.4. The lowest BCUT2D eigenvalue weighted by Gasteiger charge is -2.34. The summed E-state index contributed by atoms with van der Waals surface area (Å²) in [7, 11) is 0. The maximum Gasteiger partial charge on any atom is 0.143 e. The van der Waals surface area contributed by atoms with E-state index in [1.54, 1.807) is 0 Å². The molecule has 0 radical (unpaired) electrons. The summed E-state index contributed by atoms with van der Waals surface area (Å²) < 4.78 is 6.70. The van der Waals surface area contributed by atoms with Gasteiger partial charge in [-0.05, 0) is 111 Å². The maximum absolute atomic E-state index is 6.70. The van der Waals surface area contributed by atoms with Crippen LogP contribution in [0.5, 0.6) is 0 Å². The molecule has 9 aromatic carbocycles. The van der Waals surface area contributed by atoms with Crippen LogP contribution in [-0.2, 0) is 5.41 Å². The molecule has 0 aliphatic heterocycles. The zero-order chi connectivity index (χ0) is 37.8. The van der Waals surface area contributed by atoms with Gasteiger partial charge >= 0.3 is 0 Å². The van der Waals surface area contributed by atoms with Crippen LogP contribution in [0.1, 0.15) is 22.3 Å². The van der Waals surface area contributed by atoms with Crippen LogP contribution < -0.4 is 4.90 Å². The Morgan fingerprint density at radius 3 is 1.53 bits per heavy atom. The van der Waals surface area contributed by atoms with Gasteiger partial charge in [-0.3, -0.25) is 0 Å². The second-order valence-electron chi connectivity index (χ2n) is 14.8. The molecule has 1 aliphatic carbocycles. The van der Waals surface area contributed by atoms with E-state index in [9.17, 15) is 0 Å². The van der Waals surface area contributed by atoms with Crippen LogP contribution >= 0.6 is 0 Å². The smallest absolute Gasteiger partial charge is 0.143 e. The van der Waals surface area contributed by atoms with Crippen molar-refractivity contribution >= 4 is 39.0 Å². The Hall–Kier alpha value is -7.42. The van der Waals surface area contributed by atoms with Gasteiger partial charge in [0.15, 0.2) is 0 Å². The predicted molar refractivity (Wildman–Crippen MR) is 237 cm³/mol. The highest BCUT2D eigenvalue weighted by molar-refractivity contribution is 6.11. The summed E-state index contributed by atoms with van der Waals surface area (Å²) in [6, 6.07) is 81.1. The van der Waals surface area contributed by atoms with E-state index in [1.165, 1.54) is 38.9 Å². The molecule has 0 saturated heterocycles. The van der Waals surface area contributed by atoms with E-state index in [2.05, 4.69) is 223 Å². The van der Waals surface area contributed by atoms with Crippen molar-refractivity contribution in [2.24, 2.45) is 0 Å². The topological polar surface area (TPSA) is 16.4 Å². The molecule has 0 N–H and O–H groups in total. The van der Waals surface area contributed by atoms with Gasteiger partial charge in [-0.15, -0.1) is 0 Å². The van der Waals surface area contributed by atoms with Crippen LogP contribution in [0.25, 0.3) is 55.3 Å². The monoisotopic (exact) mass is 727 g/mol. The number of rotatable bonds is 7. The zero-order valence-corrected chi connectivity index (χ0v) is 31.2. The van der Waals surface area contributed by atoms with Gasteiger partial charge in [0, 0.05) is 33.4 Å². The van der Waals surface area contributed by atoms with Crippen LogP contribution in [-0.4, -0.2) is 0 Å². The Kier molecular flexibility index (Phi) is 7.75. The standard InChI is InChI=1S/C55H37NO/c1-5-17-41(18-6-1)55(42-19-7-2-8-20-42)51-27-15-13-25-46(51)47-34-31-39(37-52(47)55)40-35-49(54-50(36-40)48-26-14-16-28-53(48)57-54)38-29-32-45(33-30-38)56(43-21-9-3-10-22-43)44-23-11-4-12-24-44/h1-37H. The minimum Gasteiger partial charge on any atom is -0.455 e. The molecule has 2 heteroatoms. The number of hydrogen-bond acceptors (Lipinski definition) is 2. The number of anilines is 3. The molecule has 0 bridgehead atoms. The number of nitrogens with zero attached hydrogens (tertiary/aromatic N) is 1. The van der Waals surface area contributed by atoms with Crippen molar-refractivity contribution in [2.45, 2.75) is 5.41 Å². The highest BCUT2D eigenvalue weighted by Gasteiger charge is 2.46. The Bertz CT molecular complexity index is 2960. The summed E-state index contributed by atoms with van der Waals surface area (Å²) in [6.07, 6.45) is 0. The normalized spacial score (nSPS) is 12.7. The van der Waals surface area contributed by atoms with E-state index in [4.69, 9.17) is 4.42 Å². The summed E-state index contributed by atoms with van der Waals surface area (Å²) in [5, 5.41) is 2.22. The predicted octanol–water partition coefficient (Wildman–Crippen LogP) is 14.8. The van der Waals surface area contributed by atoms with Crippen molar-refractivity contribution in [3.8, 4) is 33.4 Å². The van der Waals surface area contributed by atoms with E-state index in [-0.39, 0.29) is 0 Å². The third-order valence-corrected chi connectivity index (χ3v) is 11.7. The minimum absolute atomic E-state index is 0.473. The van der Waals surface area contributed by atoms with E-state index < -0.39 is 5.41 Å². The van der Waals surface area contributed by atoms with Gasteiger partial charge < -0.3 is 9.32 Å². The molecule has 2 nitrogen and oxygen atoms in total. The molecule has 1 aromatic heterocycles. The zero-order valence-electron chi connectivity index (χ0n) is 31.2. The molecular formula is C55H37NO. The maximum atomic E-state index is 6.70. The van der Waals surface area contributed by atoms with Gasteiger partial charge in [0.1, 0.15) is 11.2 Å². The molecule has 1 aliphatic rings. The first-order valence-corrected chi connectivity index (χ1v) is 19.6. The van der Waals surface area contributed by atoms with E-state index >= 15 is 0 Å². The molecule has 0 fully saturated rings. The first kappa shape index (κ1) is 33.0. The fourth-order valence-electron chi connectivity index (χ4n) is 9.22. The number of para-hydroxylation sites is 3. The van der Waals surface area contributed by atoms with Crippen molar-refractivity contribution in [2.75, 3.05) is 4.90 Å². The highest BCUT2D eigenvalue weighted by Crippen LogP contribution is 2.57. The van der Waals surface area contributed by atoms with Gasteiger partial charge in [-0.1, -0.05) is 164 Å². The first-order valence-electron chi connectivity index (χ1n) is 19.6. The van der Waals surface area contributed by atoms with E-state index in [0.717, 1.165) is 55.7 Å². The van der Waals surface area contributed by atoms with Gasteiger partial charge in [-0.2, -0.15) is 0 Å². The molecule has 10 aromatic rings. The molecule has 268 valence electrons. The highest BCUT2D eigenvalue weighted by atomic mass is 16.3. The number of benzene rings is 9. The number of hydrogen-bond donors (Lipinski definition) is 0. The quantitative estimate of drug-likeness (QED) is 0.163. The summed E-state index contributed by atoms with van der Waals surface area (Å²) >= 11 is 0. The van der Waals surface area contributed by atoms with Crippen LogP contribution in [0.4, 0.5) is 17.1 Å². The fraction of sp³-hybridized carbons (Fsp3) is 0.0182. The lowest BCUT2D eigenvalue weighted by Crippen LogP contribution is -2.28. The first-order chi connectivity index (χ1) is 28.3. The van der Waals surface area contributed by atoms with Gasteiger partial charge in [0.2, 0.25) is 0 Å². The average Bonchev–Trinajstić information content (AvgIpc) is 3.81. The number of furan rings is 1. The number of fused-ring (bicyclic) bond motifs is 6. The Morgan fingerprint density at radius 1 is 0.333 bits per heavy atom. The van der Waals surface area contributed by atoms with Crippen LogP contribution in [0.2, 0.25) is 0 Å². The molecule has 1 heterocycles. The van der Waals surface area contributed by atoms with Crippen molar-refractivity contribution in [3.63, 3.8) is 0 Å². The van der Waals surface area contributed by atoms with Crippen molar-refractivity contribution in [1.29, 1.82) is 0 Å². The molecular weight excluding hydrogens is 691 g/mol. The lowest BCUT2D eigenvalue weighted by molar-refractivity contribution is 0.670. The Morgan fingerprint density at radius 2 is 0.860 bits per heavy atom. The molecule has 0 unspecified atom stereocenters. The van der Waals surface area contributed by atoms with Gasteiger partial charge in [0.25, 0.3) is 0 Å². The minimum atomic E-state index is -0.473. The molecule has 0 spiro atoms. The third-order valence-electron chi connectivity index (χ3n) is 11.7. The summed E-state index contributed by atoms with van der Waals surface area (Å²) in [6.45, 7) is 0. The van der Waals surface area contributed by atoms with Crippen LogP contribution in [0, 0.1) is 0 Å². The molecule has 0 atom stereocenters. The van der Waals surface area contributed by atoms with Crippen molar-refractivity contribution in [3.05, 3.63) is 247 Å². The van der Waals surface area contributed by atoms with Crippen LogP contribution in [0.3, 0.4) is 0 Å². The largest absolute Gasteiger partial charge is 0.455 e. The van der Waals surface area contributed by atoms with Crippen LogP contribution in [0.15, 0.2) is 229 Å². The molecule has 0 saturated carbocycles. The molecule has 0 amide bonds. The van der Waals surface area contributed by atoms with E-state index in [0.29, 0.717) is 0 Å². The SMILES string of the molecule is c1ccc(N(c2ccccc2)c2ccc(-c3cc(-c4ccc5c(c4)C(c4ccccc4)(c4ccccc4)c4ccccc4-5)cc4c3oc3ccccc34)cc2)cc1.